The molecule has 6 nitrogen and oxygen atoms in total. The van der Waals surface area contributed by atoms with E-state index in [-0.39, 0.29) is 23.9 Å². The van der Waals surface area contributed by atoms with Crippen molar-refractivity contribution in [1.82, 2.24) is 15.5 Å². The van der Waals surface area contributed by atoms with Crippen molar-refractivity contribution in [2.24, 2.45) is 5.73 Å². The van der Waals surface area contributed by atoms with Crippen LogP contribution >= 0.6 is 0 Å². The van der Waals surface area contributed by atoms with E-state index >= 15 is 0 Å². The fourth-order valence-electron chi connectivity index (χ4n) is 5.06. The average Bonchev–Trinajstić information content (AvgIpc) is 3.07. The molecule has 4 N–H and O–H groups in total. The lowest BCUT2D eigenvalue weighted by Crippen LogP contribution is -2.49. The van der Waals surface area contributed by atoms with Crippen molar-refractivity contribution in [2.45, 2.75) is 50.6 Å². The number of nitrogens with one attached hydrogen (secondary N) is 2. The lowest BCUT2D eigenvalue weighted by molar-refractivity contribution is -0.133. The van der Waals surface area contributed by atoms with Gasteiger partial charge in [0.25, 0.3) is 5.91 Å². The molecule has 4 rings (SSSR count). The van der Waals surface area contributed by atoms with Crippen molar-refractivity contribution in [2.75, 3.05) is 26.2 Å². The molecule has 190 valence electrons. The molecule has 1 aliphatic heterocycles. The fourth-order valence-corrected chi connectivity index (χ4v) is 5.06. The van der Waals surface area contributed by atoms with Crippen LogP contribution in [-0.4, -0.2) is 55.0 Å². The van der Waals surface area contributed by atoms with E-state index in [9.17, 15) is 9.59 Å². The summed E-state index contributed by atoms with van der Waals surface area (Å²) in [6.07, 6.45) is 3.24. The van der Waals surface area contributed by atoms with Gasteiger partial charge in [-0.3, -0.25) is 9.59 Å². The molecule has 3 aromatic carbocycles. The first kappa shape index (κ1) is 25.9. The predicted octanol–water partition coefficient (Wildman–Crippen LogP) is 4.06. The Morgan fingerprint density at radius 3 is 2.58 bits per heavy atom. The summed E-state index contributed by atoms with van der Waals surface area (Å²) in [7, 11) is 0. The molecule has 0 bridgehead atoms. The van der Waals surface area contributed by atoms with Gasteiger partial charge in [-0.15, -0.1) is 0 Å². The molecule has 1 fully saturated rings. The minimum absolute atomic E-state index is 0.0166. The Morgan fingerprint density at radius 2 is 1.83 bits per heavy atom. The fraction of sp³-hybridized carbons (Fsp3) is 0.400. The van der Waals surface area contributed by atoms with E-state index in [0.717, 1.165) is 30.0 Å². The quantitative estimate of drug-likeness (QED) is 0.403. The Balaban J connectivity index is 1.42. The highest BCUT2D eigenvalue weighted by Crippen LogP contribution is 2.23. The number of nitrogens with zero attached hydrogens (tertiary/aromatic N) is 1. The van der Waals surface area contributed by atoms with Crippen LogP contribution in [0.3, 0.4) is 0 Å². The molecule has 0 spiro atoms. The molecule has 1 heterocycles. The Morgan fingerprint density at radius 1 is 1.08 bits per heavy atom. The zero-order valence-electron chi connectivity index (χ0n) is 21.2. The number of rotatable bonds is 10. The maximum atomic E-state index is 13.5. The third-order valence-corrected chi connectivity index (χ3v) is 7.22. The molecule has 2 unspecified atom stereocenters. The molecule has 3 aromatic rings. The molecule has 36 heavy (non-hydrogen) atoms. The van der Waals surface area contributed by atoms with Crippen LogP contribution in [0, 0.1) is 0 Å². The summed E-state index contributed by atoms with van der Waals surface area (Å²) in [5.41, 5.74) is 7.68. The van der Waals surface area contributed by atoms with E-state index in [0.29, 0.717) is 44.1 Å². The van der Waals surface area contributed by atoms with Crippen molar-refractivity contribution < 1.29 is 9.59 Å². The zero-order chi connectivity index (χ0) is 25.3. The van der Waals surface area contributed by atoms with Gasteiger partial charge in [-0.2, -0.15) is 0 Å². The van der Waals surface area contributed by atoms with Gasteiger partial charge in [0.05, 0.1) is 6.04 Å². The van der Waals surface area contributed by atoms with Crippen LogP contribution < -0.4 is 16.4 Å². The Bertz CT molecular complexity index is 1150. The molecule has 0 aromatic heterocycles. The molecular weight excluding hydrogens is 448 g/mol. The third kappa shape index (κ3) is 6.50. The summed E-state index contributed by atoms with van der Waals surface area (Å²) >= 11 is 0. The minimum atomic E-state index is -0.285. The van der Waals surface area contributed by atoms with Crippen molar-refractivity contribution in [3.8, 4) is 0 Å². The van der Waals surface area contributed by atoms with Crippen LogP contribution in [0.25, 0.3) is 10.8 Å². The molecule has 3 atom stereocenters. The van der Waals surface area contributed by atoms with Gasteiger partial charge in [0.15, 0.2) is 0 Å². The second-order valence-electron chi connectivity index (χ2n) is 9.71. The lowest BCUT2D eigenvalue weighted by Gasteiger charge is -2.28. The topological polar surface area (TPSA) is 87.5 Å². The summed E-state index contributed by atoms with van der Waals surface area (Å²) < 4.78 is 0. The predicted molar refractivity (Wildman–Crippen MR) is 146 cm³/mol. The maximum Gasteiger partial charge on any atom is 0.251 e. The minimum Gasteiger partial charge on any atom is -0.350 e. The van der Waals surface area contributed by atoms with Gasteiger partial charge in [0.1, 0.15) is 0 Å². The molecule has 1 saturated heterocycles. The van der Waals surface area contributed by atoms with Crippen LogP contribution in [0.2, 0.25) is 0 Å². The van der Waals surface area contributed by atoms with E-state index in [4.69, 9.17) is 5.73 Å². The Hall–Kier alpha value is -3.22. The molecule has 2 amide bonds. The van der Waals surface area contributed by atoms with Gasteiger partial charge in [-0.05, 0) is 60.7 Å². The summed E-state index contributed by atoms with van der Waals surface area (Å²) in [5.74, 6) is 0.347. The smallest absolute Gasteiger partial charge is 0.251 e. The molecule has 0 radical (unpaired) electrons. The second kappa shape index (κ2) is 12.7. The molecule has 0 saturated carbocycles. The van der Waals surface area contributed by atoms with E-state index in [2.05, 4.69) is 41.8 Å². The van der Waals surface area contributed by atoms with Gasteiger partial charge in [0.2, 0.25) is 5.91 Å². The van der Waals surface area contributed by atoms with Crippen LogP contribution in [0.1, 0.15) is 54.4 Å². The average molecular weight is 487 g/mol. The van der Waals surface area contributed by atoms with Crippen molar-refractivity contribution in [3.63, 3.8) is 0 Å². The monoisotopic (exact) mass is 486 g/mol. The highest BCUT2D eigenvalue weighted by atomic mass is 16.2. The van der Waals surface area contributed by atoms with Crippen LogP contribution in [0.15, 0.2) is 72.8 Å². The standard InChI is InChI=1S/C30H38N4O2/c1-2-22(23-9-4-3-5-10-23)21-34-18-16-27(33-28(30(34)36)13-8-17-31)20-32-29(35)26-15-14-24-11-6-7-12-25(24)19-26/h3-7,9-12,14-15,19,22,27-28,33H,2,8,13,16-18,20-21,31H2,1H3,(H,32,35)/t22?,27?,28-/m0/s1. The second-order valence-corrected chi connectivity index (χ2v) is 9.71. The largest absolute Gasteiger partial charge is 0.350 e. The molecule has 1 aliphatic rings. The number of fused-ring (bicyclic) bond motifs is 1. The first-order valence-corrected chi connectivity index (χ1v) is 13.2. The summed E-state index contributed by atoms with van der Waals surface area (Å²) in [4.78, 5) is 28.4. The van der Waals surface area contributed by atoms with E-state index in [1.165, 1.54) is 5.56 Å². The van der Waals surface area contributed by atoms with E-state index in [1.54, 1.807) is 0 Å². The van der Waals surface area contributed by atoms with Crippen molar-refractivity contribution in [3.05, 3.63) is 83.9 Å². The first-order valence-electron chi connectivity index (χ1n) is 13.2. The van der Waals surface area contributed by atoms with Crippen LogP contribution in [-0.2, 0) is 4.79 Å². The van der Waals surface area contributed by atoms with Crippen molar-refractivity contribution >= 4 is 22.6 Å². The van der Waals surface area contributed by atoms with Gasteiger partial charge in [-0.1, -0.05) is 67.6 Å². The van der Waals surface area contributed by atoms with Crippen LogP contribution in [0.4, 0.5) is 0 Å². The van der Waals surface area contributed by atoms with Crippen LogP contribution in [0.5, 0.6) is 0 Å². The van der Waals surface area contributed by atoms with E-state index < -0.39 is 0 Å². The number of amides is 2. The first-order chi connectivity index (χ1) is 17.6. The maximum absolute atomic E-state index is 13.5. The Labute approximate surface area is 214 Å². The number of hydrogen-bond acceptors (Lipinski definition) is 4. The van der Waals surface area contributed by atoms with Gasteiger partial charge in [-0.25, -0.2) is 0 Å². The van der Waals surface area contributed by atoms with Gasteiger partial charge in [0, 0.05) is 37.2 Å². The zero-order valence-corrected chi connectivity index (χ0v) is 21.2. The van der Waals surface area contributed by atoms with Gasteiger partial charge >= 0.3 is 0 Å². The normalized spacial score (nSPS) is 19.2. The lowest BCUT2D eigenvalue weighted by atomic mass is 9.95. The third-order valence-electron chi connectivity index (χ3n) is 7.22. The number of nitrogens with two attached hydrogens (primary N) is 1. The Kier molecular flexibility index (Phi) is 9.09. The SMILES string of the molecule is CCC(CN1CCC(CNC(=O)c2ccc3ccccc3c2)N[C@@H](CCCN)C1=O)c1ccccc1. The summed E-state index contributed by atoms with van der Waals surface area (Å²) in [6.45, 7) is 4.58. The van der Waals surface area contributed by atoms with Gasteiger partial charge < -0.3 is 21.3 Å². The summed E-state index contributed by atoms with van der Waals surface area (Å²) in [5, 5.41) is 8.78. The summed E-state index contributed by atoms with van der Waals surface area (Å²) in [6, 6.07) is 23.9. The number of carbonyl (C=O) groups excluding carboxylic acids is 2. The molecule has 0 aliphatic carbocycles. The molecule has 6 heteroatoms. The number of hydrogen-bond donors (Lipinski definition) is 3. The van der Waals surface area contributed by atoms with Crippen molar-refractivity contribution in [1.29, 1.82) is 0 Å². The molecular formula is C30H38N4O2. The number of benzene rings is 3. The number of carbonyl (C=O) groups is 2. The highest BCUT2D eigenvalue weighted by Gasteiger charge is 2.31. The highest BCUT2D eigenvalue weighted by molar-refractivity contribution is 5.98. The van der Waals surface area contributed by atoms with E-state index in [1.807, 2.05) is 53.4 Å².